The third kappa shape index (κ3) is 3.94. The first kappa shape index (κ1) is 18.1. The number of nitrogens with zero attached hydrogens (tertiary/aromatic N) is 4. The molecule has 0 saturated carbocycles. The Labute approximate surface area is 159 Å². The predicted molar refractivity (Wildman–Crippen MR) is 108 cm³/mol. The second-order valence-corrected chi connectivity index (χ2v) is 6.78. The van der Waals surface area contributed by atoms with Gasteiger partial charge in [0.1, 0.15) is 0 Å². The molecule has 0 unspecified atom stereocenters. The van der Waals surface area contributed by atoms with Gasteiger partial charge in [-0.25, -0.2) is 0 Å². The summed E-state index contributed by atoms with van der Waals surface area (Å²) in [7, 11) is 1.93. The summed E-state index contributed by atoms with van der Waals surface area (Å²) in [6, 6.07) is 10.3. The highest BCUT2D eigenvalue weighted by Crippen LogP contribution is 2.20. The van der Waals surface area contributed by atoms with Crippen molar-refractivity contribution in [3.8, 4) is 0 Å². The smallest absolute Gasteiger partial charge is 0.171 e. The molecule has 6 nitrogen and oxygen atoms in total. The first-order valence-electron chi connectivity index (χ1n) is 8.56. The Hall–Kier alpha value is -2.67. The molecule has 3 aromatic rings. The Kier molecular flexibility index (Phi) is 5.37. The molecule has 2 heterocycles. The van der Waals surface area contributed by atoms with Gasteiger partial charge in [0.05, 0.1) is 29.8 Å². The van der Waals surface area contributed by atoms with Crippen molar-refractivity contribution in [1.29, 1.82) is 0 Å². The molecule has 0 aliphatic carbocycles. The average Bonchev–Trinajstić information content (AvgIpc) is 3.08. The van der Waals surface area contributed by atoms with Gasteiger partial charge in [-0.3, -0.25) is 9.36 Å². The van der Waals surface area contributed by atoms with E-state index in [0.29, 0.717) is 11.7 Å². The van der Waals surface area contributed by atoms with Crippen molar-refractivity contribution in [2.24, 2.45) is 7.05 Å². The topological polar surface area (TPSA) is 59.7 Å². The van der Waals surface area contributed by atoms with Gasteiger partial charge in [0.25, 0.3) is 0 Å². The van der Waals surface area contributed by atoms with Gasteiger partial charge in [0, 0.05) is 24.8 Å². The molecule has 0 saturated heterocycles. The molecule has 0 atom stereocenters. The number of benzene rings is 1. The van der Waals surface area contributed by atoms with Crippen LogP contribution in [0.3, 0.4) is 0 Å². The van der Waals surface area contributed by atoms with Gasteiger partial charge in [-0.05, 0) is 38.6 Å². The molecule has 3 rings (SSSR count). The second kappa shape index (κ2) is 7.70. The standard InChI is InChI=1S/C19H24N6S/c1-13-18(15(3)25(23-13)12-16-8-6-5-7-9-16)22-19(26)20-10-17-11-21-24(4)14(17)2/h5-9,11H,10,12H2,1-4H3,(H2,20,22,26). The molecule has 0 spiro atoms. The molecular weight excluding hydrogens is 344 g/mol. The lowest BCUT2D eigenvalue weighted by Gasteiger charge is -2.11. The van der Waals surface area contributed by atoms with Crippen LogP contribution in [0.5, 0.6) is 0 Å². The van der Waals surface area contributed by atoms with Crippen LogP contribution in [-0.2, 0) is 20.1 Å². The normalized spacial score (nSPS) is 10.8. The van der Waals surface area contributed by atoms with Crippen LogP contribution in [0.25, 0.3) is 0 Å². The van der Waals surface area contributed by atoms with Crippen LogP contribution in [0.2, 0.25) is 0 Å². The number of hydrogen-bond acceptors (Lipinski definition) is 3. The minimum Gasteiger partial charge on any atom is -0.358 e. The summed E-state index contributed by atoms with van der Waals surface area (Å²) in [5.41, 5.74) is 6.43. The number of aryl methyl sites for hydroxylation is 2. The Morgan fingerprint density at radius 2 is 1.85 bits per heavy atom. The fourth-order valence-corrected chi connectivity index (χ4v) is 3.01. The minimum absolute atomic E-state index is 0.582. The average molecular weight is 369 g/mol. The van der Waals surface area contributed by atoms with Crippen LogP contribution in [0.1, 0.15) is 28.2 Å². The van der Waals surface area contributed by atoms with E-state index >= 15 is 0 Å². The summed E-state index contributed by atoms with van der Waals surface area (Å²) in [4.78, 5) is 0. The second-order valence-electron chi connectivity index (χ2n) is 6.38. The monoisotopic (exact) mass is 368 g/mol. The van der Waals surface area contributed by atoms with E-state index in [4.69, 9.17) is 12.2 Å². The summed E-state index contributed by atoms with van der Waals surface area (Å²) in [5, 5.41) is 16.0. The quantitative estimate of drug-likeness (QED) is 0.678. The van der Waals surface area contributed by atoms with Crippen LogP contribution in [-0.4, -0.2) is 24.7 Å². The van der Waals surface area contributed by atoms with Crippen LogP contribution >= 0.6 is 12.2 Å². The van der Waals surface area contributed by atoms with Crippen molar-refractivity contribution < 1.29 is 0 Å². The summed E-state index contributed by atoms with van der Waals surface area (Å²) in [6.07, 6.45) is 1.86. The number of anilines is 1. The molecule has 7 heteroatoms. The summed E-state index contributed by atoms with van der Waals surface area (Å²) in [5.74, 6) is 0. The van der Waals surface area contributed by atoms with E-state index in [9.17, 15) is 0 Å². The van der Waals surface area contributed by atoms with E-state index in [1.165, 1.54) is 5.56 Å². The Bertz CT molecular complexity index is 910. The summed E-state index contributed by atoms with van der Waals surface area (Å²) >= 11 is 5.46. The molecular formula is C19H24N6S. The van der Waals surface area contributed by atoms with Crippen molar-refractivity contribution in [2.45, 2.75) is 33.9 Å². The number of nitrogens with one attached hydrogen (secondary N) is 2. The fraction of sp³-hybridized carbons (Fsp3) is 0.316. The lowest BCUT2D eigenvalue weighted by Crippen LogP contribution is -2.28. The molecule has 0 bridgehead atoms. The molecule has 0 aliphatic rings. The Morgan fingerprint density at radius 1 is 1.12 bits per heavy atom. The van der Waals surface area contributed by atoms with Crippen LogP contribution in [0.4, 0.5) is 5.69 Å². The van der Waals surface area contributed by atoms with Gasteiger partial charge in [-0.2, -0.15) is 10.2 Å². The highest BCUT2D eigenvalue weighted by Gasteiger charge is 2.13. The number of thiocarbonyl (C=S) groups is 1. The zero-order valence-corrected chi connectivity index (χ0v) is 16.4. The van der Waals surface area contributed by atoms with E-state index in [2.05, 4.69) is 39.9 Å². The molecule has 0 aliphatic heterocycles. The molecule has 0 amide bonds. The number of aromatic nitrogens is 4. The van der Waals surface area contributed by atoms with E-state index < -0.39 is 0 Å². The van der Waals surface area contributed by atoms with Crippen molar-refractivity contribution >= 4 is 23.0 Å². The van der Waals surface area contributed by atoms with E-state index in [1.807, 2.05) is 54.7 Å². The first-order chi connectivity index (χ1) is 12.5. The molecule has 26 heavy (non-hydrogen) atoms. The van der Waals surface area contributed by atoms with Crippen LogP contribution < -0.4 is 10.6 Å². The number of hydrogen-bond donors (Lipinski definition) is 2. The van der Waals surface area contributed by atoms with Crippen LogP contribution in [0.15, 0.2) is 36.5 Å². The van der Waals surface area contributed by atoms with Crippen molar-refractivity contribution in [3.05, 3.63) is 64.7 Å². The van der Waals surface area contributed by atoms with Gasteiger partial charge >= 0.3 is 0 Å². The van der Waals surface area contributed by atoms with E-state index in [1.54, 1.807) is 0 Å². The lowest BCUT2D eigenvalue weighted by molar-refractivity contribution is 0.659. The molecule has 0 radical (unpaired) electrons. The van der Waals surface area contributed by atoms with E-state index in [-0.39, 0.29) is 0 Å². The van der Waals surface area contributed by atoms with Gasteiger partial charge in [0.15, 0.2) is 5.11 Å². The summed E-state index contributed by atoms with van der Waals surface area (Å²) in [6.45, 7) is 7.47. The highest BCUT2D eigenvalue weighted by molar-refractivity contribution is 7.80. The Morgan fingerprint density at radius 3 is 2.50 bits per heavy atom. The van der Waals surface area contributed by atoms with Gasteiger partial charge in [-0.1, -0.05) is 30.3 Å². The SMILES string of the molecule is Cc1nn(Cc2ccccc2)c(C)c1NC(=S)NCc1cnn(C)c1C. The maximum absolute atomic E-state index is 5.46. The molecule has 2 aromatic heterocycles. The third-order valence-corrected chi connectivity index (χ3v) is 4.82. The first-order valence-corrected chi connectivity index (χ1v) is 8.96. The Balaban J connectivity index is 1.65. The zero-order chi connectivity index (χ0) is 18.7. The zero-order valence-electron chi connectivity index (χ0n) is 15.6. The summed E-state index contributed by atoms with van der Waals surface area (Å²) < 4.78 is 3.86. The number of rotatable bonds is 5. The van der Waals surface area contributed by atoms with Crippen LogP contribution in [0, 0.1) is 20.8 Å². The van der Waals surface area contributed by atoms with Gasteiger partial charge in [0.2, 0.25) is 0 Å². The van der Waals surface area contributed by atoms with Gasteiger partial charge in [-0.15, -0.1) is 0 Å². The van der Waals surface area contributed by atoms with E-state index in [0.717, 1.165) is 34.9 Å². The maximum Gasteiger partial charge on any atom is 0.171 e. The van der Waals surface area contributed by atoms with Crippen molar-refractivity contribution in [3.63, 3.8) is 0 Å². The minimum atomic E-state index is 0.582. The molecule has 1 aromatic carbocycles. The predicted octanol–water partition coefficient (Wildman–Crippen LogP) is 3.08. The molecule has 2 N–H and O–H groups in total. The molecule has 0 fully saturated rings. The van der Waals surface area contributed by atoms with Crippen molar-refractivity contribution in [2.75, 3.05) is 5.32 Å². The van der Waals surface area contributed by atoms with Gasteiger partial charge < -0.3 is 10.6 Å². The third-order valence-electron chi connectivity index (χ3n) is 4.57. The largest absolute Gasteiger partial charge is 0.358 e. The van der Waals surface area contributed by atoms with Crippen molar-refractivity contribution in [1.82, 2.24) is 24.9 Å². The lowest BCUT2D eigenvalue weighted by atomic mass is 10.2. The maximum atomic E-state index is 5.46. The highest BCUT2D eigenvalue weighted by atomic mass is 32.1. The molecule has 136 valence electrons. The fourth-order valence-electron chi connectivity index (χ4n) is 2.84.